The predicted molar refractivity (Wildman–Crippen MR) is 170 cm³/mol. The van der Waals surface area contributed by atoms with Crippen LogP contribution in [-0.4, -0.2) is 41.7 Å². The molecule has 0 spiro atoms. The van der Waals surface area contributed by atoms with Crippen molar-refractivity contribution < 1.29 is 19.4 Å². The van der Waals surface area contributed by atoms with Gasteiger partial charge in [0.25, 0.3) is 5.91 Å². The molecule has 0 radical (unpaired) electrons. The molecule has 4 aromatic carbocycles. The highest BCUT2D eigenvalue weighted by atomic mass is 79.9. The Morgan fingerprint density at radius 2 is 1.57 bits per heavy atom. The maximum Gasteiger partial charge on any atom is 0.252 e. The predicted octanol–water partition coefficient (Wildman–Crippen LogP) is 6.90. The number of nitrogens with one attached hydrogen (secondary N) is 1. The Morgan fingerprint density at radius 1 is 0.929 bits per heavy atom. The third-order valence-corrected chi connectivity index (χ3v) is 7.96. The SMILES string of the molecule is CC(C)NC(=O)[C@]1(Cc2ccccc2Br)N=C(c2ccc(OCCCO)cc2)O[C@@H]1c1ccc(-c2ccccc2)cc1. The Kier molecular flexibility index (Phi) is 9.40. The van der Waals surface area contributed by atoms with Crippen LogP contribution in [0.2, 0.25) is 0 Å². The van der Waals surface area contributed by atoms with Gasteiger partial charge in [-0.1, -0.05) is 88.7 Å². The van der Waals surface area contributed by atoms with Gasteiger partial charge in [0.05, 0.1) is 6.61 Å². The molecule has 0 aromatic heterocycles. The number of aliphatic hydroxyl groups excluding tert-OH is 1. The molecule has 2 atom stereocenters. The highest BCUT2D eigenvalue weighted by Crippen LogP contribution is 2.44. The second kappa shape index (κ2) is 13.4. The molecule has 6 nitrogen and oxygen atoms in total. The summed E-state index contributed by atoms with van der Waals surface area (Å²) in [6.07, 6.45) is 0.234. The Bertz CT molecular complexity index is 1520. The van der Waals surface area contributed by atoms with Gasteiger partial charge in [-0.05, 0) is 66.4 Å². The van der Waals surface area contributed by atoms with Gasteiger partial charge in [0.2, 0.25) is 5.90 Å². The number of benzene rings is 4. The average Bonchev–Trinajstić information content (AvgIpc) is 3.39. The molecule has 0 fully saturated rings. The van der Waals surface area contributed by atoms with Crippen LogP contribution in [0.4, 0.5) is 0 Å². The molecule has 0 aliphatic carbocycles. The average molecular weight is 628 g/mol. The van der Waals surface area contributed by atoms with E-state index in [9.17, 15) is 4.79 Å². The van der Waals surface area contributed by atoms with Crippen molar-refractivity contribution in [2.75, 3.05) is 13.2 Å². The Hall–Kier alpha value is -3.94. The van der Waals surface area contributed by atoms with E-state index in [4.69, 9.17) is 19.6 Å². The van der Waals surface area contributed by atoms with E-state index in [1.165, 1.54) is 0 Å². The minimum absolute atomic E-state index is 0.0779. The first kappa shape index (κ1) is 29.5. The number of hydrogen-bond donors (Lipinski definition) is 2. The first-order valence-corrected chi connectivity index (χ1v) is 15.0. The van der Waals surface area contributed by atoms with Crippen LogP contribution in [0.5, 0.6) is 5.75 Å². The number of carbonyl (C=O) groups excluding carboxylic acids is 1. The number of aliphatic hydroxyl groups is 1. The molecule has 1 aliphatic rings. The Labute approximate surface area is 255 Å². The van der Waals surface area contributed by atoms with Gasteiger partial charge < -0.3 is 19.9 Å². The summed E-state index contributed by atoms with van der Waals surface area (Å²) in [7, 11) is 0. The highest BCUT2D eigenvalue weighted by Gasteiger charge is 2.53. The van der Waals surface area contributed by atoms with Crippen LogP contribution in [0, 0.1) is 0 Å². The zero-order chi connectivity index (χ0) is 29.5. The normalized spacial score (nSPS) is 17.9. The standard InChI is InChI=1S/C35H35BrN2O4/c1-24(2)37-34(40)35(23-29-11-6-7-12-31(29)36)32(27-15-13-26(14-16-27)25-9-4-3-5-10-25)42-33(38-35)28-17-19-30(20-18-28)41-22-8-21-39/h3-7,9-20,24,32,39H,8,21-23H2,1-2H3,(H,37,40)/t32-,35-/m1/s1. The first-order chi connectivity index (χ1) is 20.4. The van der Waals surface area contributed by atoms with Crippen molar-refractivity contribution in [3.8, 4) is 16.9 Å². The highest BCUT2D eigenvalue weighted by molar-refractivity contribution is 9.10. The fourth-order valence-electron chi connectivity index (χ4n) is 5.08. The monoisotopic (exact) mass is 626 g/mol. The Morgan fingerprint density at radius 3 is 2.24 bits per heavy atom. The number of carbonyl (C=O) groups is 1. The van der Waals surface area contributed by atoms with E-state index in [2.05, 4.69) is 45.5 Å². The lowest BCUT2D eigenvalue weighted by Gasteiger charge is -2.32. The molecule has 0 bridgehead atoms. The van der Waals surface area contributed by atoms with E-state index in [-0.39, 0.29) is 18.6 Å². The van der Waals surface area contributed by atoms with E-state index in [1.807, 2.05) is 92.7 Å². The van der Waals surface area contributed by atoms with Crippen LogP contribution in [0.3, 0.4) is 0 Å². The Balaban J connectivity index is 1.57. The van der Waals surface area contributed by atoms with Gasteiger partial charge in [0, 0.05) is 35.5 Å². The third-order valence-electron chi connectivity index (χ3n) is 7.19. The zero-order valence-electron chi connectivity index (χ0n) is 23.8. The largest absolute Gasteiger partial charge is 0.494 e. The van der Waals surface area contributed by atoms with Crippen LogP contribution in [0.25, 0.3) is 11.1 Å². The van der Waals surface area contributed by atoms with Crippen molar-refractivity contribution in [1.29, 1.82) is 0 Å². The molecule has 1 amide bonds. The maximum atomic E-state index is 14.2. The zero-order valence-corrected chi connectivity index (χ0v) is 25.4. The fourth-order valence-corrected chi connectivity index (χ4v) is 5.51. The van der Waals surface area contributed by atoms with Gasteiger partial charge in [-0.2, -0.15) is 0 Å². The quantitative estimate of drug-likeness (QED) is 0.177. The molecular formula is C35H35BrN2O4. The summed E-state index contributed by atoms with van der Waals surface area (Å²) in [5.74, 6) is 0.903. The van der Waals surface area contributed by atoms with E-state index in [1.54, 1.807) is 0 Å². The topological polar surface area (TPSA) is 80.2 Å². The van der Waals surface area contributed by atoms with Crippen LogP contribution in [0.1, 0.15) is 43.1 Å². The van der Waals surface area contributed by atoms with E-state index in [0.717, 1.165) is 32.3 Å². The van der Waals surface area contributed by atoms with Crippen LogP contribution in [-0.2, 0) is 16.0 Å². The number of halogens is 1. The summed E-state index contributed by atoms with van der Waals surface area (Å²) in [5, 5.41) is 12.2. The molecule has 4 aromatic rings. The smallest absolute Gasteiger partial charge is 0.252 e. The molecule has 2 N–H and O–H groups in total. The van der Waals surface area contributed by atoms with Crippen molar-refractivity contribution in [2.45, 2.75) is 44.4 Å². The van der Waals surface area contributed by atoms with E-state index >= 15 is 0 Å². The lowest BCUT2D eigenvalue weighted by molar-refractivity contribution is -0.129. The van der Waals surface area contributed by atoms with Crippen LogP contribution < -0.4 is 10.1 Å². The number of nitrogens with zero attached hydrogens (tertiary/aromatic N) is 1. The van der Waals surface area contributed by atoms with Crippen molar-refractivity contribution in [2.24, 2.45) is 4.99 Å². The lowest BCUT2D eigenvalue weighted by Crippen LogP contribution is -2.51. The second-order valence-corrected chi connectivity index (χ2v) is 11.5. The van der Waals surface area contributed by atoms with E-state index in [0.29, 0.717) is 31.1 Å². The number of amides is 1. The number of hydrogen-bond acceptors (Lipinski definition) is 5. The summed E-state index contributed by atoms with van der Waals surface area (Å²) in [5.41, 5.74) is 3.52. The summed E-state index contributed by atoms with van der Waals surface area (Å²) in [4.78, 5) is 19.3. The molecule has 216 valence electrons. The minimum Gasteiger partial charge on any atom is -0.494 e. The summed E-state index contributed by atoms with van der Waals surface area (Å²) >= 11 is 3.68. The molecular weight excluding hydrogens is 592 g/mol. The van der Waals surface area contributed by atoms with Crippen molar-refractivity contribution in [3.63, 3.8) is 0 Å². The molecule has 0 unspecified atom stereocenters. The third kappa shape index (κ3) is 6.58. The van der Waals surface area contributed by atoms with Gasteiger partial charge in [-0.3, -0.25) is 4.79 Å². The number of ether oxygens (including phenoxy) is 2. The van der Waals surface area contributed by atoms with E-state index < -0.39 is 11.6 Å². The first-order valence-electron chi connectivity index (χ1n) is 14.2. The van der Waals surface area contributed by atoms with Crippen molar-refractivity contribution in [1.82, 2.24) is 5.32 Å². The maximum absolute atomic E-state index is 14.2. The molecule has 7 heteroatoms. The molecule has 1 aliphatic heterocycles. The van der Waals surface area contributed by atoms with Crippen molar-refractivity contribution in [3.05, 3.63) is 124 Å². The van der Waals surface area contributed by atoms with Crippen molar-refractivity contribution >= 4 is 27.7 Å². The molecule has 1 heterocycles. The van der Waals surface area contributed by atoms with Gasteiger partial charge in [0.15, 0.2) is 11.6 Å². The molecule has 0 saturated heterocycles. The van der Waals surface area contributed by atoms with Crippen LogP contribution in [0.15, 0.2) is 113 Å². The van der Waals surface area contributed by atoms with Gasteiger partial charge in [0.1, 0.15) is 5.75 Å². The van der Waals surface area contributed by atoms with Gasteiger partial charge >= 0.3 is 0 Å². The van der Waals surface area contributed by atoms with Gasteiger partial charge in [-0.15, -0.1) is 0 Å². The summed E-state index contributed by atoms with van der Waals surface area (Å²) in [6, 6.07) is 33.7. The van der Waals surface area contributed by atoms with Crippen LogP contribution >= 0.6 is 15.9 Å². The summed E-state index contributed by atoms with van der Waals surface area (Å²) in [6.45, 7) is 4.40. The fraction of sp³-hybridized carbons (Fsp3) is 0.257. The lowest BCUT2D eigenvalue weighted by atomic mass is 9.81. The minimum atomic E-state index is -1.26. The second-order valence-electron chi connectivity index (χ2n) is 10.7. The molecule has 0 saturated carbocycles. The van der Waals surface area contributed by atoms with Gasteiger partial charge in [-0.25, -0.2) is 4.99 Å². The summed E-state index contributed by atoms with van der Waals surface area (Å²) < 4.78 is 13.3. The molecule has 42 heavy (non-hydrogen) atoms. The molecule has 5 rings (SSSR count). The number of rotatable bonds is 11. The number of aliphatic imine (C=N–C) groups is 1.